The Labute approximate surface area is 112 Å². The summed E-state index contributed by atoms with van der Waals surface area (Å²) in [7, 11) is 0. The second-order valence-corrected chi connectivity index (χ2v) is 5.03. The van der Waals surface area contributed by atoms with Gasteiger partial charge < -0.3 is 0 Å². The zero-order valence-corrected chi connectivity index (χ0v) is 10.8. The van der Waals surface area contributed by atoms with E-state index in [4.69, 9.17) is 22.1 Å². The second-order valence-electron chi connectivity index (χ2n) is 4.62. The zero-order chi connectivity index (χ0) is 13.0. The van der Waals surface area contributed by atoms with Crippen molar-refractivity contribution in [3.05, 3.63) is 34.3 Å². The summed E-state index contributed by atoms with van der Waals surface area (Å²) < 4.78 is 0. The Bertz CT molecular complexity index is 513. The molecular formula is C14H14ClN3. The number of nitrogens with zero attached hydrogens (tertiary/aromatic N) is 3. The van der Waals surface area contributed by atoms with Crippen LogP contribution in [0.3, 0.4) is 0 Å². The van der Waals surface area contributed by atoms with Gasteiger partial charge in [0.15, 0.2) is 0 Å². The van der Waals surface area contributed by atoms with Crippen molar-refractivity contribution in [2.45, 2.75) is 19.4 Å². The normalized spacial score (nSPS) is 20.1. The maximum atomic E-state index is 8.96. The summed E-state index contributed by atoms with van der Waals surface area (Å²) in [6.45, 7) is 2.57. The van der Waals surface area contributed by atoms with Crippen molar-refractivity contribution in [2.24, 2.45) is 5.92 Å². The number of likely N-dealkylation sites (tertiary alicyclic amines) is 1. The Kier molecular flexibility index (Phi) is 4.20. The van der Waals surface area contributed by atoms with E-state index in [-0.39, 0.29) is 5.92 Å². The summed E-state index contributed by atoms with van der Waals surface area (Å²) in [6.07, 6.45) is 2.06. The molecule has 0 N–H and O–H groups in total. The summed E-state index contributed by atoms with van der Waals surface area (Å²) in [6, 6.07) is 9.79. The van der Waals surface area contributed by atoms with Gasteiger partial charge in [-0.15, -0.1) is 0 Å². The molecule has 1 aliphatic heterocycles. The van der Waals surface area contributed by atoms with E-state index in [0.29, 0.717) is 10.6 Å². The van der Waals surface area contributed by atoms with Crippen molar-refractivity contribution in [3.63, 3.8) is 0 Å². The fraction of sp³-hybridized carbons (Fsp3) is 0.429. The number of nitriles is 2. The number of halogens is 1. The summed E-state index contributed by atoms with van der Waals surface area (Å²) >= 11 is 6.15. The number of hydrogen-bond donors (Lipinski definition) is 0. The first-order valence-electron chi connectivity index (χ1n) is 6.03. The summed E-state index contributed by atoms with van der Waals surface area (Å²) in [4.78, 5) is 2.25. The largest absolute Gasteiger partial charge is 0.298 e. The minimum Gasteiger partial charge on any atom is -0.298 e. The first kappa shape index (κ1) is 12.9. The second kappa shape index (κ2) is 5.87. The van der Waals surface area contributed by atoms with Crippen LogP contribution < -0.4 is 0 Å². The number of hydrogen-bond acceptors (Lipinski definition) is 3. The van der Waals surface area contributed by atoms with Gasteiger partial charge in [-0.05, 0) is 37.1 Å². The van der Waals surface area contributed by atoms with Crippen molar-refractivity contribution in [3.8, 4) is 12.1 Å². The van der Waals surface area contributed by atoms with E-state index in [2.05, 4.69) is 17.0 Å². The zero-order valence-electron chi connectivity index (χ0n) is 10.1. The van der Waals surface area contributed by atoms with Crippen LogP contribution >= 0.6 is 11.6 Å². The summed E-state index contributed by atoms with van der Waals surface area (Å²) in [5.41, 5.74) is 1.60. The molecule has 0 aliphatic carbocycles. The van der Waals surface area contributed by atoms with Gasteiger partial charge in [-0.25, -0.2) is 0 Å². The van der Waals surface area contributed by atoms with Crippen molar-refractivity contribution in [2.75, 3.05) is 13.1 Å². The molecule has 0 radical (unpaired) electrons. The standard InChI is InChI=1S/C14H14ClN3/c15-14-6-11(7-16)3-4-13(14)10-18-5-1-2-12(8-17)9-18/h3-4,6,12H,1-2,5,9-10H2. The average molecular weight is 260 g/mol. The topological polar surface area (TPSA) is 50.8 Å². The van der Waals surface area contributed by atoms with E-state index in [1.54, 1.807) is 12.1 Å². The predicted molar refractivity (Wildman–Crippen MR) is 69.8 cm³/mol. The van der Waals surface area contributed by atoms with E-state index >= 15 is 0 Å². The fourth-order valence-corrected chi connectivity index (χ4v) is 2.53. The molecule has 2 rings (SSSR count). The molecule has 1 unspecified atom stereocenters. The van der Waals surface area contributed by atoms with E-state index in [9.17, 15) is 0 Å². The number of benzene rings is 1. The van der Waals surface area contributed by atoms with E-state index in [1.165, 1.54) is 0 Å². The molecule has 1 aliphatic rings. The smallest absolute Gasteiger partial charge is 0.0992 e. The van der Waals surface area contributed by atoms with Crippen LogP contribution in [0, 0.1) is 28.6 Å². The maximum Gasteiger partial charge on any atom is 0.0992 e. The molecule has 0 bridgehead atoms. The molecule has 1 fully saturated rings. The maximum absolute atomic E-state index is 8.96. The van der Waals surface area contributed by atoms with Gasteiger partial charge in [0, 0.05) is 18.1 Å². The van der Waals surface area contributed by atoms with Crippen molar-refractivity contribution >= 4 is 11.6 Å². The Morgan fingerprint density at radius 3 is 2.89 bits per heavy atom. The Morgan fingerprint density at radius 2 is 2.22 bits per heavy atom. The molecule has 1 aromatic carbocycles. The molecule has 0 spiro atoms. The van der Waals surface area contributed by atoms with Crippen LogP contribution in [0.15, 0.2) is 18.2 Å². The van der Waals surface area contributed by atoms with Crippen molar-refractivity contribution in [1.29, 1.82) is 10.5 Å². The number of rotatable bonds is 2. The minimum atomic E-state index is 0.135. The van der Waals surface area contributed by atoms with Crippen LogP contribution in [-0.4, -0.2) is 18.0 Å². The molecule has 92 valence electrons. The first-order chi connectivity index (χ1) is 8.72. The molecule has 0 saturated carbocycles. The summed E-state index contributed by atoms with van der Waals surface area (Å²) in [5.74, 6) is 0.135. The molecule has 1 saturated heterocycles. The monoisotopic (exact) mass is 259 g/mol. The van der Waals surface area contributed by atoms with Gasteiger partial charge >= 0.3 is 0 Å². The lowest BCUT2D eigenvalue weighted by atomic mass is 9.99. The fourth-order valence-electron chi connectivity index (χ4n) is 2.29. The van der Waals surface area contributed by atoms with Crippen LogP contribution in [0.5, 0.6) is 0 Å². The Hall–Kier alpha value is -1.55. The molecular weight excluding hydrogens is 246 g/mol. The number of piperidine rings is 1. The quantitative estimate of drug-likeness (QED) is 0.821. The molecule has 1 atom stereocenters. The Morgan fingerprint density at radius 1 is 1.39 bits per heavy atom. The Balaban J connectivity index is 2.06. The van der Waals surface area contributed by atoms with Gasteiger partial charge in [0.1, 0.15) is 0 Å². The van der Waals surface area contributed by atoms with Crippen LogP contribution in [0.2, 0.25) is 5.02 Å². The first-order valence-corrected chi connectivity index (χ1v) is 6.41. The highest BCUT2D eigenvalue weighted by atomic mass is 35.5. The van der Waals surface area contributed by atoms with Crippen LogP contribution in [0.4, 0.5) is 0 Å². The highest BCUT2D eigenvalue weighted by molar-refractivity contribution is 6.31. The third-order valence-electron chi connectivity index (χ3n) is 3.26. The lowest BCUT2D eigenvalue weighted by Gasteiger charge is -2.29. The third kappa shape index (κ3) is 3.01. The van der Waals surface area contributed by atoms with Gasteiger partial charge in [0.2, 0.25) is 0 Å². The van der Waals surface area contributed by atoms with Crippen molar-refractivity contribution in [1.82, 2.24) is 4.90 Å². The van der Waals surface area contributed by atoms with Crippen molar-refractivity contribution < 1.29 is 0 Å². The van der Waals surface area contributed by atoms with E-state index < -0.39 is 0 Å². The molecule has 4 heteroatoms. The van der Waals surface area contributed by atoms with E-state index in [0.717, 1.165) is 38.0 Å². The van der Waals surface area contributed by atoms with Gasteiger partial charge in [0.05, 0.1) is 23.6 Å². The highest BCUT2D eigenvalue weighted by Crippen LogP contribution is 2.22. The lowest BCUT2D eigenvalue weighted by molar-refractivity contribution is 0.192. The molecule has 1 heterocycles. The van der Waals surface area contributed by atoms with Crippen LogP contribution in [0.25, 0.3) is 0 Å². The molecule has 18 heavy (non-hydrogen) atoms. The average Bonchev–Trinajstić information content (AvgIpc) is 2.41. The van der Waals surface area contributed by atoms with Crippen LogP contribution in [-0.2, 0) is 6.54 Å². The molecule has 0 amide bonds. The highest BCUT2D eigenvalue weighted by Gasteiger charge is 2.19. The third-order valence-corrected chi connectivity index (χ3v) is 3.62. The lowest BCUT2D eigenvalue weighted by Crippen LogP contribution is -2.34. The molecule has 0 aromatic heterocycles. The minimum absolute atomic E-state index is 0.135. The van der Waals surface area contributed by atoms with Gasteiger partial charge in [-0.1, -0.05) is 17.7 Å². The van der Waals surface area contributed by atoms with Gasteiger partial charge in [-0.2, -0.15) is 10.5 Å². The molecule has 3 nitrogen and oxygen atoms in total. The van der Waals surface area contributed by atoms with Gasteiger partial charge in [-0.3, -0.25) is 4.90 Å². The SMILES string of the molecule is N#Cc1ccc(CN2CCCC(C#N)C2)c(Cl)c1. The van der Waals surface area contributed by atoms with Crippen LogP contribution in [0.1, 0.15) is 24.0 Å². The molecule has 1 aromatic rings. The predicted octanol–water partition coefficient (Wildman–Crippen LogP) is 2.95. The summed E-state index contributed by atoms with van der Waals surface area (Å²) in [5, 5.41) is 18.4. The van der Waals surface area contributed by atoms with E-state index in [1.807, 2.05) is 6.07 Å². The van der Waals surface area contributed by atoms with Gasteiger partial charge in [0.25, 0.3) is 0 Å².